The van der Waals surface area contributed by atoms with Crippen LogP contribution in [0.2, 0.25) is 0 Å². The van der Waals surface area contributed by atoms with Gasteiger partial charge >= 0.3 is 5.91 Å². The van der Waals surface area contributed by atoms with Crippen LogP contribution >= 0.6 is 15.9 Å². The molecule has 0 N–H and O–H groups in total. The first-order valence-electron chi connectivity index (χ1n) is 3.72. The van der Waals surface area contributed by atoms with Gasteiger partial charge in [0.15, 0.2) is 0 Å². The minimum Gasteiger partial charge on any atom is -0.264 e. The number of amides is 1. The summed E-state index contributed by atoms with van der Waals surface area (Å²) in [5, 5.41) is 0. The summed E-state index contributed by atoms with van der Waals surface area (Å²) in [5.74, 6) is -0.554. The van der Waals surface area contributed by atoms with E-state index in [-0.39, 0.29) is 5.69 Å². The number of hydrogen-bond donors (Lipinski definition) is 0. The summed E-state index contributed by atoms with van der Waals surface area (Å²) >= 11 is 3.13. The number of rotatable bonds is 1. The third-order valence-corrected chi connectivity index (χ3v) is 2.28. The molecule has 0 aromatic carbocycles. The van der Waals surface area contributed by atoms with Crippen LogP contribution in [-0.4, -0.2) is 27.6 Å². The van der Waals surface area contributed by atoms with Crippen LogP contribution < -0.4 is 0 Å². The first kappa shape index (κ1) is 11.3. The summed E-state index contributed by atoms with van der Waals surface area (Å²) in [5.41, 5.74) is 0.191. The van der Waals surface area contributed by atoms with Gasteiger partial charge in [0.25, 0.3) is 0 Å². The molecule has 1 aromatic heterocycles. The van der Waals surface area contributed by atoms with E-state index in [0.717, 1.165) is 0 Å². The molecule has 4 nitrogen and oxygen atoms in total. The van der Waals surface area contributed by atoms with Gasteiger partial charge in [0, 0.05) is 22.2 Å². The van der Waals surface area contributed by atoms with E-state index in [1.807, 2.05) is 0 Å². The van der Waals surface area contributed by atoms with E-state index in [0.29, 0.717) is 4.60 Å². The topological polar surface area (TPSA) is 59.4 Å². The van der Waals surface area contributed by atoms with Crippen LogP contribution in [-0.2, 0) is 9.73 Å². The maximum atomic E-state index is 11.4. The second kappa shape index (κ2) is 4.18. The van der Waals surface area contributed by atoms with Crippen LogP contribution in [0.1, 0.15) is 10.5 Å². The Labute approximate surface area is 91.1 Å². The van der Waals surface area contributed by atoms with E-state index >= 15 is 0 Å². The molecule has 76 valence electrons. The molecule has 6 heteroatoms. The Morgan fingerprint density at radius 2 is 2.14 bits per heavy atom. The minimum absolute atomic E-state index is 0.191. The predicted octanol–water partition coefficient (Wildman–Crippen LogP) is 1.71. The lowest BCUT2D eigenvalue weighted by Gasteiger charge is -1.96. The fraction of sp³-hybridized carbons (Fsp3) is 0.250. The van der Waals surface area contributed by atoms with Gasteiger partial charge in [0.1, 0.15) is 10.3 Å². The third-order valence-electron chi connectivity index (χ3n) is 1.24. The minimum atomic E-state index is -2.41. The summed E-state index contributed by atoms with van der Waals surface area (Å²) in [4.78, 5) is 15.3. The Morgan fingerprint density at radius 3 is 2.64 bits per heavy atom. The average Bonchev–Trinajstić information content (AvgIpc) is 2.01. The summed E-state index contributed by atoms with van der Waals surface area (Å²) in [7, 11) is -2.41. The van der Waals surface area contributed by atoms with Crippen LogP contribution in [0.15, 0.2) is 27.2 Å². The number of pyridine rings is 1. The van der Waals surface area contributed by atoms with E-state index in [1.54, 1.807) is 12.1 Å². The van der Waals surface area contributed by atoms with Crippen LogP contribution in [0.3, 0.4) is 0 Å². The second-order valence-corrected chi connectivity index (χ2v) is 6.28. The summed E-state index contributed by atoms with van der Waals surface area (Å²) in [6.07, 6.45) is 2.81. The monoisotopic (exact) mass is 276 g/mol. The van der Waals surface area contributed by atoms with Gasteiger partial charge in [-0.1, -0.05) is 6.07 Å². The molecule has 0 aliphatic carbocycles. The molecule has 1 aromatic rings. The fourth-order valence-electron chi connectivity index (χ4n) is 0.774. The highest BCUT2D eigenvalue weighted by atomic mass is 79.9. The molecular formula is C8H9BrN2O2S. The molecule has 14 heavy (non-hydrogen) atoms. The second-order valence-electron chi connectivity index (χ2n) is 2.92. The summed E-state index contributed by atoms with van der Waals surface area (Å²) in [6.45, 7) is 0. The van der Waals surface area contributed by atoms with Gasteiger partial charge < -0.3 is 0 Å². The Balaban J connectivity index is 3.09. The first-order valence-corrected chi connectivity index (χ1v) is 6.85. The first-order chi connectivity index (χ1) is 6.38. The Kier molecular flexibility index (Phi) is 3.38. The smallest absolute Gasteiger partial charge is 0.264 e. The summed E-state index contributed by atoms with van der Waals surface area (Å²) < 4.78 is 15.3. The lowest BCUT2D eigenvalue weighted by atomic mass is 10.3. The van der Waals surface area contributed by atoms with Crippen molar-refractivity contribution in [1.29, 1.82) is 0 Å². The molecule has 0 radical (unpaired) electrons. The van der Waals surface area contributed by atoms with E-state index in [9.17, 15) is 9.00 Å². The lowest BCUT2D eigenvalue weighted by Crippen LogP contribution is -2.03. The molecule has 0 atom stereocenters. The Bertz CT molecular complexity index is 470. The number of halogens is 1. The van der Waals surface area contributed by atoms with Gasteiger partial charge in [-0.3, -0.25) is 4.79 Å². The van der Waals surface area contributed by atoms with Crippen molar-refractivity contribution < 1.29 is 9.00 Å². The zero-order valence-corrected chi connectivity index (χ0v) is 10.1. The normalized spacial score (nSPS) is 11.1. The molecule has 1 rings (SSSR count). The highest BCUT2D eigenvalue weighted by molar-refractivity contribution is 9.10. The van der Waals surface area contributed by atoms with Crippen molar-refractivity contribution in [3.05, 3.63) is 28.5 Å². The molecule has 0 bridgehead atoms. The molecule has 0 unspecified atom stereocenters. The van der Waals surface area contributed by atoms with Gasteiger partial charge in [-0.25, -0.2) is 9.19 Å². The zero-order valence-electron chi connectivity index (χ0n) is 7.73. The van der Waals surface area contributed by atoms with Crippen molar-refractivity contribution >= 4 is 31.6 Å². The predicted molar refractivity (Wildman–Crippen MR) is 58.7 cm³/mol. The molecule has 0 spiro atoms. The van der Waals surface area contributed by atoms with Crippen molar-refractivity contribution in [2.45, 2.75) is 0 Å². The standard InChI is InChI=1S/C8H9BrN2O2S/c1-14(2,13)11-8(12)6-4-3-5-7(9)10-6/h3-5H,1-2H3. The lowest BCUT2D eigenvalue weighted by molar-refractivity contribution is 0.1000. The van der Waals surface area contributed by atoms with Gasteiger partial charge in [-0.15, -0.1) is 0 Å². The maximum Gasteiger partial charge on any atom is 0.303 e. The van der Waals surface area contributed by atoms with E-state index in [4.69, 9.17) is 0 Å². The molecule has 1 amide bonds. The SMILES string of the molecule is CS(C)(=O)=NC(=O)c1cccc(Br)n1. The number of nitrogens with zero attached hydrogens (tertiary/aromatic N) is 2. The third kappa shape index (κ3) is 3.55. The van der Waals surface area contributed by atoms with Crippen molar-refractivity contribution in [1.82, 2.24) is 4.98 Å². The summed E-state index contributed by atoms with van der Waals surface area (Å²) in [6, 6.07) is 4.90. The molecular weight excluding hydrogens is 268 g/mol. The van der Waals surface area contributed by atoms with Crippen molar-refractivity contribution in [3.63, 3.8) is 0 Å². The van der Waals surface area contributed by atoms with Gasteiger partial charge in [0.05, 0.1) is 0 Å². The van der Waals surface area contributed by atoms with Gasteiger partial charge in [-0.2, -0.15) is 4.36 Å². The van der Waals surface area contributed by atoms with Crippen LogP contribution in [0.5, 0.6) is 0 Å². The van der Waals surface area contributed by atoms with E-state index in [1.165, 1.54) is 18.6 Å². The molecule has 0 aliphatic rings. The quantitative estimate of drug-likeness (QED) is 0.734. The molecule has 1 heterocycles. The molecule has 0 saturated heterocycles. The van der Waals surface area contributed by atoms with Crippen molar-refractivity contribution in [2.75, 3.05) is 12.5 Å². The number of carbonyl (C=O) groups is 1. The maximum absolute atomic E-state index is 11.4. The number of carbonyl (C=O) groups excluding carboxylic acids is 1. The highest BCUT2D eigenvalue weighted by Gasteiger charge is 2.07. The largest absolute Gasteiger partial charge is 0.303 e. The number of hydrogen-bond acceptors (Lipinski definition) is 3. The average molecular weight is 277 g/mol. The van der Waals surface area contributed by atoms with Gasteiger partial charge in [0.2, 0.25) is 0 Å². The zero-order chi connectivity index (χ0) is 10.8. The van der Waals surface area contributed by atoms with Crippen LogP contribution in [0.4, 0.5) is 0 Å². The van der Waals surface area contributed by atoms with Crippen molar-refractivity contribution in [3.8, 4) is 0 Å². The van der Waals surface area contributed by atoms with Gasteiger partial charge in [-0.05, 0) is 28.1 Å². The van der Waals surface area contributed by atoms with Crippen molar-refractivity contribution in [2.24, 2.45) is 4.36 Å². The van der Waals surface area contributed by atoms with E-state index < -0.39 is 15.6 Å². The van der Waals surface area contributed by atoms with Crippen LogP contribution in [0, 0.1) is 0 Å². The molecule has 0 aliphatic heterocycles. The van der Waals surface area contributed by atoms with E-state index in [2.05, 4.69) is 25.3 Å². The number of aromatic nitrogens is 1. The molecule has 0 saturated carbocycles. The Hall–Kier alpha value is -0.750. The highest BCUT2D eigenvalue weighted by Crippen LogP contribution is 2.07. The Morgan fingerprint density at radius 1 is 1.50 bits per heavy atom. The molecule has 0 fully saturated rings. The fourth-order valence-corrected chi connectivity index (χ4v) is 1.61. The van der Waals surface area contributed by atoms with Crippen LogP contribution in [0.25, 0.3) is 0 Å².